The molecule has 1 heterocycles. The molecular formula is C15H20N2O3. The maximum absolute atomic E-state index is 12.2. The lowest BCUT2D eigenvalue weighted by Gasteiger charge is -2.29. The van der Waals surface area contributed by atoms with Crippen molar-refractivity contribution < 1.29 is 14.7 Å². The van der Waals surface area contributed by atoms with Gasteiger partial charge in [0.1, 0.15) is 5.69 Å². The fourth-order valence-corrected chi connectivity index (χ4v) is 2.75. The Hall–Kier alpha value is -1.91. The Morgan fingerprint density at radius 3 is 2.95 bits per heavy atom. The molecule has 2 atom stereocenters. The third kappa shape index (κ3) is 3.56. The number of nitrogens with one attached hydrogen (secondary N) is 1. The van der Waals surface area contributed by atoms with Crippen LogP contribution in [0.25, 0.3) is 0 Å². The first-order valence-electron chi connectivity index (χ1n) is 7.10. The maximum atomic E-state index is 12.2. The number of aromatic nitrogens is 1. The third-order valence-corrected chi connectivity index (χ3v) is 3.94. The van der Waals surface area contributed by atoms with E-state index in [-0.39, 0.29) is 17.6 Å². The van der Waals surface area contributed by atoms with Crippen molar-refractivity contribution in [3.8, 4) is 0 Å². The highest BCUT2D eigenvalue weighted by atomic mass is 16.4. The summed E-state index contributed by atoms with van der Waals surface area (Å²) in [5.41, 5.74) is 0.253. The Kier molecular flexibility index (Phi) is 4.71. The van der Waals surface area contributed by atoms with Crippen LogP contribution in [0.4, 0.5) is 0 Å². The largest absolute Gasteiger partial charge is 0.477 e. The lowest BCUT2D eigenvalue weighted by Crippen LogP contribution is -2.38. The van der Waals surface area contributed by atoms with E-state index in [0.717, 1.165) is 25.7 Å². The predicted molar refractivity (Wildman–Crippen MR) is 74.7 cm³/mol. The van der Waals surface area contributed by atoms with Crippen LogP contribution < -0.4 is 5.32 Å². The molecule has 2 unspecified atom stereocenters. The fraction of sp³-hybridized carbons (Fsp3) is 0.533. The number of hydrogen-bond acceptors (Lipinski definition) is 3. The predicted octanol–water partition coefficient (Wildman–Crippen LogP) is 2.48. The van der Waals surface area contributed by atoms with Crippen molar-refractivity contribution in [1.82, 2.24) is 10.3 Å². The van der Waals surface area contributed by atoms with Gasteiger partial charge in [0, 0.05) is 17.8 Å². The highest BCUT2D eigenvalue weighted by Crippen LogP contribution is 2.26. The summed E-state index contributed by atoms with van der Waals surface area (Å²) < 4.78 is 0. The minimum absolute atomic E-state index is 0.104. The van der Waals surface area contributed by atoms with E-state index in [9.17, 15) is 9.59 Å². The molecule has 0 aromatic carbocycles. The van der Waals surface area contributed by atoms with Crippen LogP contribution >= 0.6 is 0 Å². The molecular weight excluding hydrogens is 256 g/mol. The second-order valence-corrected chi connectivity index (χ2v) is 5.35. The number of pyridine rings is 1. The van der Waals surface area contributed by atoms with Gasteiger partial charge < -0.3 is 10.4 Å². The van der Waals surface area contributed by atoms with E-state index >= 15 is 0 Å². The first-order valence-corrected chi connectivity index (χ1v) is 7.10. The minimum atomic E-state index is -1.12. The lowest BCUT2D eigenvalue weighted by atomic mass is 9.84. The molecule has 1 aliphatic rings. The van der Waals surface area contributed by atoms with E-state index in [1.165, 1.54) is 18.7 Å². The van der Waals surface area contributed by atoms with Crippen LogP contribution in [0.3, 0.4) is 0 Å². The number of hydrogen-bond donors (Lipinski definition) is 2. The Labute approximate surface area is 118 Å². The average Bonchev–Trinajstić information content (AvgIpc) is 2.47. The van der Waals surface area contributed by atoms with Gasteiger partial charge in [-0.05, 0) is 30.9 Å². The van der Waals surface area contributed by atoms with Gasteiger partial charge in [0.25, 0.3) is 5.91 Å². The van der Waals surface area contributed by atoms with Crippen LogP contribution in [0.1, 0.15) is 59.9 Å². The maximum Gasteiger partial charge on any atom is 0.354 e. The highest BCUT2D eigenvalue weighted by Gasteiger charge is 2.22. The average molecular weight is 276 g/mol. The molecule has 1 saturated carbocycles. The van der Waals surface area contributed by atoms with E-state index in [4.69, 9.17) is 5.11 Å². The molecule has 0 bridgehead atoms. The number of carboxylic acid groups (broad SMARTS) is 1. The number of carboxylic acids is 1. The Morgan fingerprint density at radius 2 is 2.25 bits per heavy atom. The summed E-state index contributed by atoms with van der Waals surface area (Å²) in [6, 6.07) is 3.06. The lowest BCUT2D eigenvalue weighted by molar-refractivity contribution is 0.0690. The van der Waals surface area contributed by atoms with Crippen molar-refractivity contribution in [2.45, 2.75) is 45.1 Å². The molecule has 5 nitrogen and oxygen atoms in total. The van der Waals surface area contributed by atoms with Crippen LogP contribution in [-0.4, -0.2) is 28.0 Å². The topological polar surface area (TPSA) is 79.3 Å². The van der Waals surface area contributed by atoms with Crippen molar-refractivity contribution in [2.24, 2.45) is 5.92 Å². The smallest absolute Gasteiger partial charge is 0.354 e. The van der Waals surface area contributed by atoms with Gasteiger partial charge in [-0.2, -0.15) is 0 Å². The van der Waals surface area contributed by atoms with E-state index in [2.05, 4.69) is 17.2 Å². The summed E-state index contributed by atoms with van der Waals surface area (Å²) in [5, 5.41) is 11.9. The van der Waals surface area contributed by atoms with Gasteiger partial charge in [0.15, 0.2) is 0 Å². The Bertz CT molecular complexity index is 502. The SMILES string of the molecule is CCC1CCCC(NC(=O)c2ccnc(C(=O)O)c2)C1. The molecule has 1 fully saturated rings. The van der Waals surface area contributed by atoms with Crippen molar-refractivity contribution in [3.63, 3.8) is 0 Å². The van der Waals surface area contributed by atoms with Gasteiger partial charge >= 0.3 is 5.97 Å². The number of aromatic carboxylic acids is 1. The van der Waals surface area contributed by atoms with Gasteiger partial charge in [-0.1, -0.05) is 26.2 Å². The van der Waals surface area contributed by atoms with E-state index in [1.807, 2.05) is 0 Å². The standard InChI is InChI=1S/C15H20N2O3/c1-2-10-4-3-5-12(8-10)17-14(18)11-6-7-16-13(9-11)15(19)20/h6-7,9-10,12H,2-5,8H2,1H3,(H,17,18)(H,19,20). The minimum Gasteiger partial charge on any atom is -0.477 e. The first kappa shape index (κ1) is 14.5. The summed E-state index contributed by atoms with van der Waals surface area (Å²) >= 11 is 0. The van der Waals surface area contributed by atoms with Crippen molar-refractivity contribution >= 4 is 11.9 Å². The third-order valence-electron chi connectivity index (χ3n) is 3.94. The van der Waals surface area contributed by atoms with Crippen LogP contribution in [0.15, 0.2) is 18.3 Å². The summed E-state index contributed by atoms with van der Waals surface area (Å²) in [5.74, 6) is -0.652. The monoisotopic (exact) mass is 276 g/mol. The molecule has 20 heavy (non-hydrogen) atoms. The van der Waals surface area contributed by atoms with Gasteiger partial charge in [0.2, 0.25) is 0 Å². The second-order valence-electron chi connectivity index (χ2n) is 5.35. The van der Waals surface area contributed by atoms with Crippen molar-refractivity contribution in [2.75, 3.05) is 0 Å². The summed E-state index contributed by atoms with van der Waals surface area (Å²) in [6.45, 7) is 2.18. The molecule has 2 N–H and O–H groups in total. The summed E-state index contributed by atoms with van der Waals surface area (Å²) in [4.78, 5) is 26.7. The van der Waals surface area contributed by atoms with E-state index in [0.29, 0.717) is 11.5 Å². The molecule has 1 amide bonds. The molecule has 0 saturated heterocycles. The van der Waals surface area contributed by atoms with Gasteiger partial charge in [-0.25, -0.2) is 9.78 Å². The van der Waals surface area contributed by atoms with Crippen molar-refractivity contribution in [3.05, 3.63) is 29.6 Å². The fourth-order valence-electron chi connectivity index (χ4n) is 2.75. The Balaban J connectivity index is 2.01. The molecule has 0 spiro atoms. The number of amides is 1. The number of nitrogens with zero attached hydrogens (tertiary/aromatic N) is 1. The van der Waals surface area contributed by atoms with E-state index in [1.54, 1.807) is 6.07 Å². The van der Waals surface area contributed by atoms with Gasteiger partial charge in [0.05, 0.1) is 0 Å². The molecule has 1 aromatic rings. The number of carbonyl (C=O) groups excluding carboxylic acids is 1. The van der Waals surface area contributed by atoms with Crippen LogP contribution in [0, 0.1) is 5.92 Å². The van der Waals surface area contributed by atoms with Crippen LogP contribution in [0.2, 0.25) is 0 Å². The molecule has 5 heteroatoms. The molecule has 2 rings (SSSR count). The van der Waals surface area contributed by atoms with Crippen LogP contribution in [-0.2, 0) is 0 Å². The highest BCUT2D eigenvalue weighted by molar-refractivity contribution is 5.96. The second kappa shape index (κ2) is 6.50. The Morgan fingerprint density at radius 1 is 1.45 bits per heavy atom. The number of carbonyl (C=O) groups is 2. The van der Waals surface area contributed by atoms with Gasteiger partial charge in [-0.3, -0.25) is 4.79 Å². The zero-order valence-corrected chi connectivity index (χ0v) is 11.6. The molecule has 1 aliphatic carbocycles. The zero-order valence-electron chi connectivity index (χ0n) is 11.6. The zero-order chi connectivity index (χ0) is 14.5. The molecule has 0 aliphatic heterocycles. The number of rotatable bonds is 4. The molecule has 1 aromatic heterocycles. The van der Waals surface area contributed by atoms with Gasteiger partial charge in [-0.15, -0.1) is 0 Å². The molecule has 0 radical (unpaired) electrons. The van der Waals surface area contributed by atoms with Crippen molar-refractivity contribution in [1.29, 1.82) is 0 Å². The first-order chi connectivity index (χ1) is 9.60. The van der Waals surface area contributed by atoms with Crippen LogP contribution in [0.5, 0.6) is 0 Å². The quantitative estimate of drug-likeness (QED) is 0.885. The summed E-state index contributed by atoms with van der Waals surface area (Å²) in [7, 11) is 0. The normalized spacial score (nSPS) is 22.2. The molecule has 108 valence electrons. The summed E-state index contributed by atoms with van der Waals surface area (Å²) in [6.07, 6.45) is 6.89. The van der Waals surface area contributed by atoms with E-state index < -0.39 is 5.97 Å².